The van der Waals surface area contributed by atoms with E-state index in [2.05, 4.69) is 24.8 Å². The van der Waals surface area contributed by atoms with Gasteiger partial charge in [0.05, 0.1) is 32.2 Å². The van der Waals surface area contributed by atoms with Crippen LogP contribution in [-0.4, -0.2) is 43.3 Å². The Morgan fingerprint density at radius 3 is 2.56 bits per heavy atom. The predicted molar refractivity (Wildman–Crippen MR) is 147 cm³/mol. The average Bonchev–Trinajstić information content (AvgIpc) is 3.63. The zero-order valence-electron chi connectivity index (χ0n) is 24.0. The van der Waals surface area contributed by atoms with E-state index in [0.717, 1.165) is 32.1 Å². The van der Waals surface area contributed by atoms with E-state index in [0.29, 0.717) is 32.5 Å². The van der Waals surface area contributed by atoms with Gasteiger partial charge in [-0.05, 0) is 100 Å². The lowest BCUT2D eigenvalue weighted by Gasteiger charge is -2.33. The highest BCUT2D eigenvalue weighted by Crippen LogP contribution is 2.60. The van der Waals surface area contributed by atoms with Gasteiger partial charge in [0.25, 0.3) is 0 Å². The summed E-state index contributed by atoms with van der Waals surface area (Å²) < 4.78 is 22.3. The number of fused-ring (bicyclic) bond motifs is 1. The molecule has 0 amide bonds. The zero-order valence-corrected chi connectivity index (χ0v) is 24.0. The van der Waals surface area contributed by atoms with E-state index in [-0.39, 0.29) is 41.6 Å². The summed E-state index contributed by atoms with van der Waals surface area (Å²) in [5.41, 5.74) is 3.33. The Labute approximate surface area is 232 Å². The van der Waals surface area contributed by atoms with Crippen LogP contribution >= 0.6 is 0 Å². The number of aryl methyl sites for hydroxylation is 1. The first-order valence-electron chi connectivity index (χ1n) is 14.3. The highest BCUT2D eigenvalue weighted by Gasteiger charge is 2.59. The van der Waals surface area contributed by atoms with Crippen molar-refractivity contribution >= 4 is 17.9 Å². The fourth-order valence-electron chi connectivity index (χ4n) is 6.61. The Balaban J connectivity index is 1.37. The molecule has 0 N–H and O–H groups in total. The molecule has 0 heterocycles. The standard InChI is InChI=1S/C32H44O7/c1-6-14-37-20-23-9-7-8-22-10-12-32(13-11-26(22)23)19-27(32)30(35)38-25-16-21(15-24(18-25)29(34)36-5)17-28(33)39-31(2,3)4/h6-9,21,24-25,27H,1,10-20H2,2-5H3. The van der Waals surface area contributed by atoms with Gasteiger partial charge in [0, 0.05) is 6.42 Å². The van der Waals surface area contributed by atoms with Crippen molar-refractivity contribution in [2.24, 2.45) is 23.2 Å². The summed E-state index contributed by atoms with van der Waals surface area (Å²) in [6.45, 7) is 10.3. The molecule has 3 aliphatic rings. The fourth-order valence-corrected chi connectivity index (χ4v) is 6.61. The number of carbonyl (C=O) groups excluding carboxylic acids is 3. The molecule has 0 aliphatic heterocycles. The molecule has 39 heavy (non-hydrogen) atoms. The van der Waals surface area contributed by atoms with Crippen molar-refractivity contribution in [3.05, 3.63) is 47.5 Å². The molecule has 2 saturated carbocycles. The molecule has 0 radical (unpaired) electrons. The van der Waals surface area contributed by atoms with Crippen LogP contribution in [0.4, 0.5) is 0 Å². The molecule has 3 aliphatic carbocycles. The van der Waals surface area contributed by atoms with Gasteiger partial charge in [-0.1, -0.05) is 24.3 Å². The van der Waals surface area contributed by atoms with Crippen molar-refractivity contribution in [1.82, 2.24) is 0 Å². The molecule has 1 spiro atoms. The molecule has 4 rings (SSSR count). The third-order valence-corrected chi connectivity index (χ3v) is 8.56. The van der Waals surface area contributed by atoms with Gasteiger partial charge in [0.1, 0.15) is 11.7 Å². The van der Waals surface area contributed by atoms with E-state index >= 15 is 0 Å². The van der Waals surface area contributed by atoms with Gasteiger partial charge in [0.2, 0.25) is 0 Å². The Kier molecular flexibility index (Phi) is 9.20. The normalized spacial score (nSPS) is 28.1. The molecule has 0 aromatic heterocycles. The first-order valence-corrected chi connectivity index (χ1v) is 14.3. The first-order chi connectivity index (χ1) is 18.5. The van der Waals surface area contributed by atoms with Crippen molar-refractivity contribution in [3.8, 4) is 0 Å². The maximum Gasteiger partial charge on any atom is 0.309 e. The van der Waals surface area contributed by atoms with E-state index in [1.165, 1.54) is 23.8 Å². The zero-order chi connectivity index (χ0) is 28.2. The minimum Gasteiger partial charge on any atom is -0.469 e. The van der Waals surface area contributed by atoms with Crippen LogP contribution < -0.4 is 0 Å². The number of benzene rings is 1. The Morgan fingerprint density at radius 1 is 1.08 bits per heavy atom. The number of carbonyl (C=O) groups is 3. The number of esters is 3. The van der Waals surface area contributed by atoms with Crippen molar-refractivity contribution < 1.29 is 33.3 Å². The van der Waals surface area contributed by atoms with Crippen molar-refractivity contribution in [1.29, 1.82) is 0 Å². The minimum absolute atomic E-state index is 0.0261. The quantitative estimate of drug-likeness (QED) is 0.177. The number of methoxy groups -OCH3 is 1. The van der Waals surface area contributed by atoms with Crippen molar-refractivity contribution in [2.75, 3.05) is 13.7 Å². The topological polar surface area (TPSA) is 88.1 Å². The molecule has 0 saturated heterocycles. The summed E-state index contributed by atoms with van der Waals surface area (Å²) in [6, 6.07) is 6.42. The Morgan fingerprint density at radius 2 is 1.85 bits per heavy atom. The Hall–Kier alpha value is -2.67. The second kappa shape index (κ2) is 12.2. The molecular weight excluding hydrogens is 496 g/mol. The Bertz CT molecular complexity index is 1070. The molecule has 1 aromatic carbocycles. The summed E-state index contributed by atoms with van der Waals surface area (Å²) in [4.78, 5) is 38.3. The van der Waals surface area contributed by atoms with Crippen molar-refractivity contribution in [2.45, 2.75) is 96.9 Å². The largest absolute Gasteiger partial charge is 0.469 e. The molecule has 5 atom stereocenters. The lowest BCUT2D eigenvalue weighted by atomic mass is 9.78. The summed E-state index contributed by atoms with van der Waals surface area (Å²) in [5, 5.41) is 0. The first kappa shape index (κ1) is 29.3. The molecule has 1 aromatic rings. The van der Waals surface area contributed by atoms with Crippen molar-refractivity contribution in [3.63, 3.8) is 0 Å². The van der Waals surface area contributed by atoms with E-state index in [4.69, 9.17) is 18.9 Å². The molecule has 214 valence electrons. The fraction of sp³-hybridized carbons (Fsp3) is 0.656. The van der Waals surface area contributed by atoms with Gasteiger partial charge in [-0.15, -0.1) is 6.58 Å². The monoisotopic (exact) mass is 540 g/mol. The number of ether oxygens (including phenoxy) is 4. The summed E-state index contributed by atoms with van der Waals surface area (Å²) in [5.74, 6) is -1.38. The summed E-state index contributed by atoms with van der Waals surface area (Å²) in [7, 11) is 1.37. The van der Waals surface area contributed by atoms with Gasteiger partial charge in [-0.3, -0.25) is 14.4 Å². The van der Waals surface area contributed by atoms with Gasteiger partial charge in [-0.25, -0.2) is 0 Å². The minimum atomic E-state index is -0.572. The number of rotatable bonds is 9. The molecule has 0 bridgehead atoms. The van der Waals surface area contributed by atoms with E-state index in [1.807, 2.05) is 20.8 Å². The van der Waals surface area contributed by atoms with Crippen LogP contribution in [0.2, 0.25) is 0 Å². The lowest BCUT2D eigenvalue weighted by Crippen LogP contribution is -2.36. The highest BCUT2D eigenvalue weighted by atomic mass is 16.6. The highest BCUT2D eigenvalue weighted by molar-refractivity contribution is 5.77. The lowest BCUT2D eigenvalue weighted by molar-refractivity contribution is -0.163. The van der Waals surface area contributed by atoms with Gasteiger partial charge in [0.15, 0.2) is 0 Å². The second-order valence-corrected chi connectivity index (χ2v) is 12.6. The second-order valence-electron chi connectivity index (χ2n) is 12.6. The van der Waals surface area contributed by atoms with E-state index in [9.17, 15) is 14.4 Å². The van der Waals surface area contributed by atoms with Gasteiger partial charge >= 0.3 is 17.9 Å². The average molecular weight is 541 g/mol. The molecule has 2 fully saturated rings. The van der Waals surface area contributed by atoms with Crippen LogP contribution in [0.1, 0.15) is 82.4 Å². The van der Waals surface area contributed by atoms with Crippen LogP contribution in [0.3, 0.4) is 0 Å². The SMILES string of the molecule is C=CCOCc1cccc2c1CCC1(CC2)CC1C(=O)OC1CC(CC(=O)OC(C)(C)C)CC(C(=O)OC)C1. The third kappa shape index (κ3) is 7.50. The van der Waals surface area contributed by atoms with Gasteiger partial charge in [-0.2, -0.15) is 0 Å². The molecule has 7 heteroatoms. The predicted octanol–water partition coefficient (Wildman–Crippen LogP) is 5.51. The smallest absolute Gasteiger partial charge is 0.309 e. The van der Waals surface area contributed by atoms with Crippen LogP contribution in [0.15, 0.2) is 30.9 Å². The summed E-state index contributed by atoms with van der Waals surface area (Å²) in [6.07, 6.45) is 7.71. The third-order valence-electron chi connectivity index (χ3n) is 8.56. The number of hydrogen-bond donors (Lipinski definition) is 0. The van der Waals surface area contributed by atoms with Crippen LogP contribution in [0, 0.1) is 23.2 Å². The summed E-state index contributed by atoms with van der Waals surface area (Å²) >= 11 is 0. The van der Waals surface area contributed by atoms with Crippen LogP contribution in [0.25, 0.3) is 0 Å². The maximum absolute atomic E-state index is 13.4. The molecule has 7 nitrogen and oxygen atoms in total. The molecular formula is C32H44O7. The van der Waals surface area contributed by atoms with Crippen LogP contribution in [-0.2, 0) is 52.8 Å². The van der Waals surface area contributed by atoms with Gasteiger partial charge < -0.3 is 18.9 Å². The van der Waals surface area contributed by atoms with Crippen LogP contribution in [0.5, 0.6) is 0 Å². The van der Waals surface area contributed by atoms with E-state index in [1.54, 1.807) is 6.08 Å². The van der Waals surface area contributed by atoms with E-state index < -0.39 is 17.6 Å². The molecule has 5 unspecified atom stereocenters. The maximum atomic E-state index is 13.4. The number of hydrogen-bond acceptors (Lipinski definition) is 7.